The maximum Gasteiger partial charge on any atom is 0.367 e. The lowest BCUT2D eigenvalue weighted by molar-refractivity contribution is 0.0525. The number of ether oxygens (including phenoxy) is 1. The first-order valence-electron chi connectivity index (χ1n) is 7.67. The van der Waals surface area contributed by atoms with Crippen molar-refractivity contribution >= 4 is 17.3 Å². The maximum absolute atomic E-state index is 11.6. The molecule has 1 saturated carbocycles. The van der Waals surface area contributed by atoms with E-state index in [1.807, 2.05) is 5.38 Å². The molecule has 1 aromatic heterocycles. The summed E-state index contributed by atoms with van der Waals surface area (Å²) in [4.78, 5) is 18.4. The van der Waals surface area contributed by atoms with E-state index < -0.39 is 0 Å². The Kier molecular flexibility index (Phi) is 6.14. The van der Waals surface area contributed by atoms with Gasteiger partial charge in [-0.3, -0.25) is 4.90 Å². The molecule has 1 aliphatic carbocycles. The fourth-order valence-electron chi connectivity index (χ4n) is 3.08. The van der Waals surface area contributed by atoms with E-state index in [1.54, 1.807) is 6.92 Å². The molecule has 0 amide bonds. The number of esters is 1. The Balaban J connectivity index is 1.95. The molecule has 1 aromatic rings. The van der Waals surface area contributed by atoms with Crippen molar-refractivity contribution in [3.8, 4) is 0 Å². The highest BCUT2D eigenvalue weighted by Crippen LogP contribution is 2.28. The van der Waals surface area contributed by atoms with Gasteiger partial charge in [0.05, 0.1) is 12.3 Å². The van der Waals surface area contributed by atoms with E-state index in [0.717, 1.165) is 18.8 Å². The Morgan fingerprint density at radius 3 is 3.00 bits per heavy atom. The quantitative estimate of drug-likeness (QED) is 0.816. The van der Waals surface area contributed by atoms with E-state index in [2.05, 4.69) is 16.9 Å². The van der Waals surface area contributed by atoms with Crippen molar-refractivity contribution in [1.82, 2.24) is 9.88 Å². The van der Waals surface area contributed by atoms with Gasteiger partial charge in [0.25, 0.3) is 0 Å². The Morgan fingerprint density at radius 2 is 2.29 bits per heavy atom. The molecular formula is C15H25N3O2S. The topological polar surface area (TPSA) is 68.5 Å². The highest BCUT2D eigenvalue weighted by Gasteiger charge is 2.27. The van der Waals surface area contributed by atoms with Gasteiger partial charge in [-0.15, -0.1) is 11.3 Å². The minimum absolute atomic E-state index is 0.325. The largest absolute Gasteiger partial charge is 0.461 e. The zero-order valence-electron chi connectivity index (χ0n) is 12.9. The van der Waals surface area contributed by atoms with Crippen molar-refractivity contribution in [2.45, 2.75) is 45.2 Å². The lowest BCUT2D eigenvalue weighted by atomic mass is 9.83. The van der Waals surface area contributed by atoms with Gasteiger partial charge in [0, 0.05) is 18.0 Å². The van der Waals surface area contributed by atoms with Crippen LogP contribution in [-0.4, -0.2) is 42.1 Å². The molecule has 2 N–H and O–H groups in total. The Labute approximate surface area is 130 Å². The second-order valence-electron chi connectivity index (χ2n) is 5.63. The van der Waals surface area contributed by atoms with Gasteiger partial charge in [0.15, 0.2) is 0 Å². The first kappa shape index (κ1) is 16.4. The zero-order valence-corrected chi connectivity index (χ0v) is 13.7. The Hall–Kier alpha value is -0.980. The van der Waals surface area contributed by atoms with Gasteiger partial charge < -0.3 is 10.5 Å². The van der Waals surface area contributed by atoms with Crippen LogP contribution < -0.4 is 5.73 Å². The van der Waals surface area contributed by atoms with Crippen molar-refractivity contribution < 1.29 is 9.53 Å². The molecule has 0 saturated heterocycles. The third-order valence-electron chi connectivity index (χ3n) is 4.15. The van der Waals surface area contributed by atoms with Crippen LogP contribution in [0.5, 0.6) is 0 Å². The molecule has 0 aromatic carbocycles. The summed E-state index contributed by atoms with van der Waals surface area (Å²) in [5.74, 6) is 0.251. The predicted molar refractivity (Wildman–Crippen MR) is 84.3 cm³/mol. The molecule has 1 heterocycles. The van der Waals surface area contributed by atoms with Crippen molar-refractivity contribution in [3.05, 3.63) is 16.1 Å². The predicted octanol–water partition coefficient (Wildman–Crippen LogP) is 2.27. The number of rotatable bonds is 6. The second kappa shape index (κ2) is 7.87. The van der Waals surface area contributed by atoms with E-state index in [1.165, 1.54) is 37.0 Å². The molecular weight excluding hydrogens is 286 g/mol. The third-order valence-corrected chi connectivity index (χ3v) is 5.02. The number of nitrogens with two attached hydrogens (primary N) is 1. The molecule has 1 aliphatic rings. The molecule has 0 radical (unpaired) electrons. The van der Waals surface area contributed by atoms with E-state index in [9.17, 15) is 4.79 Å². The van der Waals surface area contributed by atoms with Gasteiger partial charge >= 0.3 is 5.97 Å². The van der Waals surface area contributed by atoms with Gasteiger partial charge in [-0.2, -0.15) is 0 Å². The third kappa shape index (κ3) is 4.25. The van der Waals surface area contributed by atoms with E-state index in [0.29, 0.717) is 23.6 Å². The minimum atomic E-state index is -0.325. The molecule has 2 unspecified atom stereocenters. The second-order valence-corrected chi connectivity index (χ2v) is 6.49. The maximum atomic E-state index is 11.6. The summed E-state index contributed by atoms with van der Waals surface area (Å²) in [6.45, 7) is 3.70. The number of nitrogens with zero attached hydrogens (tertiary/aromatic N) is 2. The molecule has 0 aliphatic heterocycles. The standard InChI is InChI=1S/C15H25N3O2S/c1-3-20-15(19)14-17-12(10-21-14)9-18(2)13-7-5-4-6-11(13)8-16/h10-11,13H,3-9,16H2,1-2H3. The number of carbonyl (C=O) groups is 1. The number of hydrogen-bond acceptors (Lipinski definition) is 6. The molecule has 5 nitrogen and oxygen atoms in total. The normalized spacial score (nSPS) is 22.5. The van der Waals surface area contributed by atoms with Crippen molar-refractivity contribution in [2.24, 2.45) is 11.7 Å². The summed E-state index contributed by atoms with van der Waals surface area (Å²) in [5, 5.41) is 2.39. The van der Waals surface area contributed by atoms with Crippen molar-refractivity contribution in [1.29, 1.82) is 0 Å². The van der Waals surface area contributed by atoms with Crippen LogP contribution >= 0.6 is 11.3 Å². The van der Waals surface area contributed by atoms with Gasteiger partial charge in [-0.05, 0) is 39.3 Å². The highest BCUT2D eigenvalue weighted by molar-refractivity contribution is 7.11. The monoisotopic (exact) mass is 311 g/mol. The molecule has 1 fully saturated rings. The summed E-state index contributed by atoms with van der Waals surface area (Å²) in [6.07, 6.45) is 4.98. The zero-order chi connectivity index (χ0) is 15.2. The number of carbonyl (C=O) groups excluding carboxylic acids is 1. The molecule has 2 rings (SSSR count). The summed E-state index contributed by atoms with van der Waals surface area (Å²) in [5.41, 5.74) is 6.84. The van der Waals surface area contributed by atoms with Crippen LogP contribution in [-0.2, 0) is 11.3 Å². The van der Waals surface area contributed by atoms with Crippen molar-refractivity contribution in [2.75, 3.05) is 20.2 Å². The van der Waals surface area contributed by atoms with Crippen LogP contribution in [0, 0.1) is 5.92 Å². The minimum Gasteiger partial charge on any atom is -0.461 e. The summed E-state index contributed by atoms with van der Waals surface area (Å²) in [6, 6.07) is 0.525. The van der Waals surface area contributed by atoms with Crippen LogP contribution in [0.15, 0.2) is 5.38 Å². The molecule has 0 spiro atoms. The summed E-state index contributed by atoms with van der Waals surface area (Å²) in [7, 11) is 2.13. The van der Waals surface area contributed by atoms with E-state index in [-0.39, 0.29) is 5.97 Å². The van der Waals surface area contributed by atoms with E-state index in [4.69, 9.17) is 10.5 Å². The number of hydrogen-bond donors (Lipinski definition) is 1. The number of aromatic nitrogens is 1. The van der Waals surface area contributed by atoms with Gasteiger partial charge in [0.2, 0.25) is 5.01 Å². The van der Waals surface area contributed by atoms with Crippen molar-refractivity contribution in [3.63, 3.8) is 0 Å². The van der Waals surface area contributed by atoms with Gasteiger partial charge in [-0.25, -0.2) is 9.78 Å². The Morgan fingerprint density at radius 1 is 1.52 bits per heavy atom. The van der Waals surface area contributed by atoms with Crippen LogP contribution in [0.4, 0.5) is 0 Å². The lowest BCUT2D eigenvalue weighted by Crippen LogP contribution is -2.42. The molecule has 118 valence electrons. The van der Waals surface area contributed by atoms with Gasteiger partial charge in [0.1, 0.15) is 0 Å². The molecule has 6 heteroatoms. The highest BCUT2D eigenvalue weighted by atomic mass is 32.1. The van der Waals surface area contributed by atoms with Crippen LogP contribution in [0.3, 0.4) is 0 Å². The summed E-state index contributed by atoms with van der Waals surface area (Å²) >= 11 is 1.36. The lowest BCUT2D eigenvalue weighted by Gasteiger charge is -2.37. The van der Waals surface area contributed by atoms with Crippen LogP contribution in [0.2, 0.25) is 0 Å². The fraction of sp³-hybridized carbons (Fsp3) is 0.733. The SMILES string of the molecule is CCOC(=O)c1nc(CN(C)C2CCCCC2CN)cs1. The average molecular weight is 311 g/mol. The smallest absolute Gasteiger partial charge is 0.367 e. The average Bonchev–Trinajstić information content (AvgIpc) is 2.96. The molecule has 2 atom stereocenters. The first-order valence-corrected chi connectivity index (χ1v) is 8.55. The summed E-state index contributed by atoms with van der Waals surface area (Å²) < 4.78 is 4.98. The van der Waals surface area contributed by atoms with Gasteiger partial charge in [-0.1, -0.05) is 12.8 Å². The van der Waals surface area contributed by atoms with E-state index >= 15 is 0 Å². The van der Waals surface area contributed by atoms with Crippen LogP contribution in [0.25, 0.3) is 0 Å². The first-order chi connectivity index (χ1) is 10.2. The fourth-order valence-corrected chi connectivity index (χ4v) is 3.78. The molecule has 0 bridgehead atoms. The molecule has 21 heavy (non-hydrogen) atoms. The Bertz CT molecular complexity index is 464. The number of thiazole rings is 1. The van der Waals surface area contributed by atoms with Crippen LogP contribution in [0.1, 0.15) is 48.1 Å².